The minimum atomic E-state index is -4.45. The van der Waals surface area contributed by atoms with E-state index >= 15 is 0 Å². The third-order valence-electron chi connectivity index (χ3n) is 3.83. The summed E-state index contributed by atoms with van der Waals surface area (Å²) in [6.07, 6.45) is -4.45. The van der Waals surface area contributed by atoms with Crippen LogP contribution in [-0.4, -0.2) is 41.9 Å². The van der Waals surface area contributed by atoms with E-state index in [1.807, 2.05) is 37.3 Å². The van der Waals surface area contributed by atoms with Gasteiger partial charge in [0, 0.05) is 25.5 Å². The molecule has 0 aliphatic carbocycles. The molecule has 0 bridgehead atoms. The molecule has 0 radical (unpaired) electrons. The first-order valence-electron chi connectivity index (χ1n) is 8.61. The number of likely N-dealkylation sites (N-methyl/N-ethyl adjacent to an activating group) is 1. The van der Waals surface area contributed by atoms with Gasteiger partial charge in [0.1, 0.15) is 5.01 Å². The van der Waals surface area contributed by atoms with Crippen LogP contribution in [0.25, 0.3) is 0 Å². The zero-order chi connectivity index (χ0) is 20.6. The van der Waals surface area contributed by atoms with Gasteiger partial charge in [0.15, 0.2) is 11.7 Å². The summed E-state index contributed by atoms with van der Waals surface area (Å²) in [5.74, 6) is 0.204. The molecule has 29 heavy (non-hydrogen) atoms. The number of halogens is 4. The van der Waals surface area contributed by atoms with Crippen molar-refractivity contribution in [2.24, 2.45) is 4.99 Å². The third-order valence-corrected chi connectivity index (χ3v) is 4.68. The van der Waals surface area contributed by atoms with E-state index in [4.69, 9.17) is 0 Å². The Hall–Kier alpha value is -1.89. The second kappa shape index (κ2) is 12.0. The number of carbonyl (C=O) groups excluding carboxylic acids is 1. The fraction of sp³-hybridized carbons (Fsp3) is 0.389. The van der Waals surface area contributed by atoms with Crippen molar-refractivity contribution >= 4 is 47.2 Å². The highest BCUT2D eigenvalue weighted by Crippen LogP contribution is 2.29. The first kappa shape index (κ1) is 25.1. The second-order valence-electron chi connectivity index (χ2n) is 5.80. The fourth-order valence-electron chi connectivity index (χ4n) is 2.35. The van der Waals surface area contributed by atoms with Crippen LogP contribution in [0.5, 0.6) is 0 Å². The van der Waals surface area contributed by atoms with Crippen LogP contribution in [0.15, 0.2) is 40.7 Å². The molecule has 1 heterocycles. The normalized spacial score (nSPS) is 11.6. The molecule has 1 amide bonds. The highest BCUT2D eigenvalue weighted by molar-refractivity contribution is 14.0. The summed E-state index contributed by atoms with van der Waals surface area (Å²) in [5.41, 5.74) is 0.122. The summed E-state index contributed by atoms with van der Waals surface area (Å²) in [6.45, 7) is 3.06. The van der Waals surface area contributed by atoms with Gasteiger partial charge in [0.2, 0.25) is 5.91 Å². The number of carbonyl (C=O) groups is 1. The molecule has 0 saturated heterocycles. The maximum atomic E-state index is 12.6. The largest absolute Gasteiger partial charge is 0.434 e. The predicted octanol–water partition coefficient (Wildman–Crippen LogP) is 3.49. The number of rotatable bonds is 7. The van der Waals surface area contributed by atoms with Crippen molar-refractivity contribution < 1.29 is 18.0 Å². The number of hydrogen-bond acceptors (Lipinski definition) is 4. The Morgan fingerprint density at radius 2 is 1.93 bits per heavy atom. The number of amides is 1. The van der Waals surface area contributed by atoms with Crippen LogP contribution < -0.4 is 10.6 Å². The van der Waals surface area contributed by atoms with Crippen LogP contribution in [0.2, 0.25) is 0 Å². The molecule has 2 N–H and O–H groups in total. The highest BCUT2D eigenvalue weighted by atomic mass is 127. The number of alkyl halides is 3. The van der Waals surface area contributed by atoms with E-state index in [-0.39, 0.29) is 48.0 Å². The molecule has 1 aromatic heterocycles. The monoisotopic (exact) mass is 541 g/mol. The minimum absolute atomic E-state index is 0. The van der Waals surface area contributed by atoms with E-state index in [0.29, 0.717) is 19.0 Å². The SMILES string of the molecule is CCN(Cc1ccccc1)C(=O)CNC(=NC)NCc1nc(C(F)(F)F)cs1.I. The zero-order valence-corrected chi connectivity index (χ0v) is 19.1. The third kappa shape index (κ3) is 8.17. The van der Waals surface area contributed by atoms with Crippen LogP contribution >= 0.6 is 35.3 Å². The molecule has 0 aliphatic rings. The lowest BCUT2D eigenvalue weighted by atomic mass is 10.2. The van der Waals surface area contributed by atoms with Crippen molar-refractivity contribution in [3.05, 3.63) is 52.0 Å². The van der Waals surface area contributed by atoms with Crippen LogP contribution in [-0.2, 0) is 24.1 Å². The van der Waals surface area contributed by atoms with E-state index in [9.17, 15) is 18.0 Å². The van der Waals surface area contributed by atoms with E-state index in [2.05, 4.69) is 20.6 Å². The number of guanidine groups is 1. The molecule has 0 spiro atoms. The summed E-state index contributed by atoms with van der Waals surface area (Å²) in [4.78, 5) is 21.7. The Kier molecular flexibility index (Phi) is 10.4. The van der Waals surface area contributed by atoms with Gasteiger partial charge in [-0.05, 0) is 12.5 Å². The molecule has 160 valence electrons. The number of thiazole rings is 1. The van der Waals surface area contributed by atoms with Crippen LogP contribution in [0.3, 0.4) is 0 Å². The van der Waals surface area contributed by atoms with Crippen LogP contribution in [0.1, 0.15) is 23.2 Å². The van der Waals surface area contributed by atoms with Crippen molar-refractivity contribution in [3.8, 4) is 0 Å². The maximum absolute atomic E-state index is 12.6. The van der Waals surface area contributed by atoms with Gasteiger partial charge in [0.05, 0.1) is 13.1 Å². The predicted molar refractivity (Wildman–Crippen MR) is 118 cm³/mol. The summed E-state index contributed by atoms with van der Waals surface area (Å²) in [5, 5.41) is 6.99. The number of nitrogens with one attached hydrogen (secondary N) is 2. The molecule has 6 nitrogen and oxygen atoms in total. The van der Waals surface area contributed by atoms with Gasteiger partial charge in [-0.2, -0.15) is 13.2 Å². The second-order valence-corrected chi connectivity index (χ2v) is 6.74. The molecular weight excluding hydrogens is 518 g/mol. The van der Waals surface area contributed by atoms with Gasteiger partial charge < -0.3 is 15.5 Å². The smallest absolute Gasteiger partial charge is 0.350 e. The zero-order valence-electron chi connectivity index (χ0n) is 16.0. The quantitative estimate of drug-likeness (QED) is 0.320. The first-order chi connectivity index (χ1) is 13.3. The molecule has 0 saturated carbocycles. The van der Waals surface area contributed by atoms with E-state index in [1.165, 1.54) is 7.05 Å². The van der Waals surface area contributed by atoms with Crippen molar-refractivity contribution in [3.63, 3.8) is 0 Å². The van der Waals surface area contributed by atoms with Crippen LogP contribution in [0.4, 0.5) is 13.2 Å². The molecule has 2 aromatic rings. The summed E-state index contributed by atoms with van der Waals surface area (Å²) >= 11 is 0.911. The topological polar surface area (TPSA) is 69.6 Å². The Labute approximate surface area is 188 Å². The molecule has 0 aliphatic heterocycles. The van der Waals surface area contributed by atoms with E-state index in [0.717, 1.165) is 22.3 Å². The van der Waals surface area contributed by atoms with Crippen molar-refractivity contribution in [2.75, 3.05) is 20.1 Å². The Morgan fingerprint density at radius 1 is 1.24 bits per heavy atom. The molecule has 2 rings (SSSR count). The van der Waals surface area contributed by atoms with Gasteiger partial charge in [-0.3, -0.25) is 9.79 Å². The van der Waals surface area contributed by atoms with Crippen LogP contribution in [0, 0.1) is 0 Å². The summed E-state index contributed by atoms with van der Waals surface area (Å²) < 4.78 is 37.8. The maximum Gasteiger partial charge on any atom is 0.434 e. The molecule has 0 unspecified atom stereocenters. The summed E-state index contributed by atoms with van der Waals surface area (Å²) in [7, 11) is 1.52. The number of aliphatic imine (C=N–C) groups is 1. The minimum Gasteiger partial charge on any atom is -0.350 e. The summed E-state index contributed by atoms with van der Waals surface area (Å²) in [6, 6.07) is 9.65. The lowest BCUT2D eigenvalue weighted by Gasteiger charge is -2.22. The van der Waals surface area contributed by atoms with Gasteiger partial charge in [0.25, 0.3) is 0 Å². The Bertz CT molecular complexity index is 798. The molecule has 11 heteroatoms. The standard InChI is InChI=1S/C18H22F3N5OS.HI/c1-3-26(11-13-7-5-4-6-8-13)16(27)10-24-17(22-2)23-9-15-25-14(12-28-15)18(19,20)21;/h4-8,12H,3,9-11H2,1-2H3,(H2,22,23,24);1H. The molecule has 1 aromatic carbocycles. The number of benzene rings is 1. The lowest BCUT2D eigenvalue weighted by Crippen LogP contribution is -2.44. The number of hydrogen-bond donors (Lipinski definition) is 2. The van der Waals surface area contributed by atoms with Gasteiger partial charge in [-0.15, -0.1) is 35.3 Å². The highest BCUT2D eigenvalue weighted by Gasteiger charge is 2.33. The van der Waals surface area contributed by atoms with Gasteiger partial charge in [-0.25, -0.2) is 4.98 Å². The van der Waals surface area contributed by atoms with Gasteiger partial charge in [-0.1, -0.05) is 30.3 Å². The van der Waals surface area contributed by atoms with Crippen molar-refractivity contribution in [2.45, 2.75) is 26.2 Å². The molecule has 0 fully saturated rings. The molecule has 0 atom stereocenters. The van der Waals surface area contributed by atoms with Crippen molar-refractivity contribution in [1.82, 2.24) is 20.5 Å². The van der Waals surface area contributed by atoms with Gasteiger partial charge >= 0.3 is 6.18 Å². The Morgan fingerprint density at radius 3 is 2.48 bits per heavy atom. The van der Waals surface area contributed by atoms with Crippen molar-refractivity contribution in [1.29, 1.82) is 0 Å². The number of aromatic nitrogens is 1. The Balaban J connectivity index is 0.00000420. The van der Waals surface area contributed by atoms with E-state index in [1.54, 1.807) is 4.90 Å². The average Bonchev–Trinajstić information content (AvgIpc) is 3.16. The van der Waals surface area contributed by atoms with E-state index < -0.39 is 11.9 Å². The molecular formula is C18H23F3IN5OS. The fourth-order valence-corrected chi connectivity index (χ4v) is 3.09. The number of nitrogens with zero attached hydrogens (tertiary/aromatic N) is 3. The lowest BCUT2D eigenvalue weighted by molar-refractivity contribution is -0.140. The first-order valence-corrected chi connectivity index (χ1v) is 9.49. The average molecular weight is 541 g/mol.